The van der Waals surface area contributed by atoms with Gasteiger partial charge < -0.3 is 23.8 Å². The van der Waals surface area contributed by atoms with Gasteiger partial charge in [0.1, 0.15) is 22.6 Å². The van der Waals surface area contributed by atoms with E-state index in [1.165, 1.54) is 35.5 Å². The number of hydrogen-bond donors (Lipinski definition) is 0. The molecule has 1 saturated heterocycles. The molecule has 0 saturated carbocycles. The third kappa shape index (κ3) is 13.4. The molecular formula is C41H51F3N4O8. The number of aromatic nitrogens is 1. The van der Waals surface area contributed by atoms with E-state index >= 15 is 0 Å². The Morgan fingerprint density at radius 3 is 1.80 bits per heavy atom. The summed E-state index contributed by atoms with van der Waals surface area (Å²) in [5.41, 5.74) is 0.184. The van der Waals surface area contributed by atoms with E-state index in [4.69, 9.17) is 14.2 Å². The van der Waals surface area contributed by atoms with Crippen LogP contribution in [0.15, 0.2) is 67.0 Å². The Kier molecular flexibility index (Phi) is 13.3. The quantitative estimate of drug-likeness (QED) is 0.205. The van der Waals surface area contributed by atoms with Crippen molar-refractivity contribution in [1.29, 1.82) is 0 Å². The van der Waals surface area contributed by atoms with Crippen molar-refractivity contribution in [2.24, 2.45) is 0 Å². The Morgan fingerprint density at radius 2 is 1.27 bits per heavy atom. The van der Waals surface area contributed by atoms with Crippen molar-refractivity contribution < 1.29 is 51.3 Å². The molecule has 304 valence electrons. The SMILES string of the molecule is CC(C)(C)OC(=O)N(Cc1cccc(C2CCN(C(=O)c3cncc(N(Cc4ccc(OC(F)(F)F)cc4)C(=O)OC(C)(C)C)c3)CC2)c1)C(=O)OC(C)(C)C. The topological polar surface area (TPSA) is 128 Å². The van der Waals surface area contributed by atoms with Gasteiger partial charge in [0.2, 0.25) is 0 Å². The minimum atomic E-state index is -4.85. The molecule has 1 aromatic heterocycles. The second-order valence-electron chi connectivity index (χ2n) is 16.5. The van der Waals surface area contributed by atoms with Crippen LogP contribution in [0.2, 0.25) is 0 Å². The normalized spacial score (nSPS) is 14.1. The number of nitrogens with zero attached hydrogens (tertiary/aromatic N) is 4. The summed E-state index contributed by atoms with van der Waals surface area (Å²) in [6.45, 7) is 16.1. The Balaban J connectivity index is 1.47. The smallest absolute Gasteiger partial charge is 0.443 e. The Bertz CT molecular complexity index is 1830. The third-order valence-corrected chi connectivity index (χ3v) is 8.17. The first-order valence-corrected chi connectivity index (χ1v) is 18.3. The second-order valence-corrected chi connectivity index (χ2v) is 16.5. The predicted octanol–water partition coefficient (Wildman–Crippen LogP) is 9.61. The first kappa shape index (κ1) is 43.4. The van der Waals surface area contributed by atoms with E-state index in [1.807, 2.05) is 24.3 Å². The van der Waals surface area contributed by atoms with Crippen molar-refractivity contribution in [3.63, 3.8) is 0 Å². The number of likely N-dealkylation sites (tertiary alicyclic amines) is 1. The lowest BCUT2D eigenvalue weighted by atomic mass is 9.88. The monoisotopic (exact) mass is 784 g/mol. The molecule has 15 heteroatoms. The van der Waals surface area contributed by atoms with Crippen LogP contribution in [0.3, 0.4) is 0 Å². The zero-order valence-corrected chi connectivity index (χ0v) is 33.4. The molecule has 4 amide bonds. The summed E-state index contributed by atoms with van der Waals surface area (Å²) in [6, 6.07) is 14.2. The Labute approximate surface area is 325 Å². The van der Waals surface area contributed by atoms with E-state index in [0.29, 0.717) is 37.1 Å². The molecule has 2 heterocycles. The molecule has 0 unspecified atom stereocenters. The number of piperidine rings is 1. The molecule has 2 aromatic carbocycles. The van der Waals surface area contributed by atoms with E-state index in [9.17, 15) is 32.3 Å². The van der Waals surface area contributed by atoms with Gasteiger partial charge in [0.25, 0.3) is 5.91 Å². The highest BCUT2D eigenvalue weighted by atomic mass is 19.4. The summed E-state index contributed by atoms with van der Waals surface area (Å²) in [4.78, 5) is 61.5. The maximum atomic E-state index is 13.8. The molecule has 3 aromatic rings. The van der Waals surface area contributed by atoms with E-state index < -0.39 is 47.2 Å². The molecule has 1 aliphatic rings. The zero-order valence-electron chi connectivity index (χ0n) is 33.4. The minimum Gasteiger partial charge on any atom is -0.443 e. The van der Waals surface area contributed by atoms with Crippen LogP contribution < -0.4 is 9.64 Å². The van der Waals surface area contributed by atoms with Crippen LogP contribution in [0, 0.1) is 0 Å². The summed E-state index contributed by atoms with van der Waals surface area (Å²) in [7, 11) is 0. The van der Waals surface area contributed by atoms with E-state index in [1.54, 1.807) is 67.2 Å². The molecule has 0 spiro atoms. The van der Waals surface area contributed by atoms with Gasteiger partial charge in [0.15, 0.2) is 0 Å². The van der Waals surface area contributed by atoms with Gasteiger partial charge >= 0.3 is 24.6 Å². The fourth-order valence-electron chi connectivity index (χ4n) is 5.81. The van der Waals surface area contributed by atoms with Crippen LogP contribution in [0.4, 0.5) is 33.2 Å². The number of halogens is 3. The molecule has 12 nitrogen and oxygen atoms in total. The maximum Gasteiger partial charge on any atom is 0.573 e. The largest absolute Gasteiger partial charge is 0.573 e. The lowest BCUT2D eigenvalue weighted by Crippen LogP contribution is -2.43. The van der Waals surface area contributed by atoms with Crippen LogP contribution >= 0.6 is 0 Å². The van der Waals surface area contributed by atoms with E-state index in [0.717, 1.165) is 22.6 Å². The van der Waals surface area contributed by atoms with Crippen molar-refractivity contribution in [2.75, 3.05) is 18.0 Å². The molecular weight excluding hydrogens is 733 g/mol. The lowest BCUT2D eigenvalue weighted by molar-refractivity contribution is -0.274. The maximum absolute atomic E-state index is 13.8. The van der Waals surface area contributed by atoms with Gasteiger partial charge in [-0.25, -0.2) is 19.3 Å². The average molecular weight is 785 g/mol. The first-order chi connectivity index (χ1) is 25.9. The molecule has 0 atom stereocenters. The molecule has 0 aliphatic carbocycles. The van der Waals surface area contributed by atoms with Crippen molar-refractivity contribution in [3.8, 4) is 5.75 Å². The molecule has 0 bridgehead atoms. The molecule has 56 heavy (non-hydrogen) atoms. The highest BCUT2D eigenvalue weighted by molar-refractivity contribution is 5.96. The number of benzene rings is 2. The standard InChI is InChI=1S/C41H51F3N4O8/c1-38(2,3)54-35(50)47(25-27-13-15-33(16-14-27)53-41(42,43)44)32-22-31(23-45-24-32)34(49)46-19-17-29(18-20-46)30-12-10-11-28(21-30)26-48(36(51)55-39(4,5)6)37(52)56-40(7,8)9/h10-16,21-24,29H,17-20,25-26H2,1-9H3. The van der Waals surface area contributed by atoms with Crippen molar-refractivity contribution in [2.45, 2.75) is 117 Å². The van der Waals surface area contributed by atoms with Crippen LogP contribution in [0.25, 0.3) is 0 Å². The molecule has 0 radical (unpaired) electrons. The Hall–Kier alpha value is -5.34. The zero-order chi connectivity index (χ0) is 41.6. The fourth-order valence-corrected chi connectivity index (χ4v) is 5.81. The van der Waals surface area contributed by atoms with Gasteiger partial charge in [-0.05, 0) is 116 Å². The first-order valence-electron chi connectivity index (χ1n) is 18.3. The third-order valence-electron chi connectivity index (χ3n) is 8.17. The number of amides is 4. The summed E-state index contributed by atoms with van der Waals surface area (Å²) in [6.07, 6.45) is -3.10. The van der Waals surface area contributed by atoms with Gasteiger partial charge in [-0.3, -0.25) is 14.7 Å². The number of rotatable bonds is 8. The van der Waals surface area contributed by atoms with Crippen molar-refractivity contribution in [1.82, 2.24) is 14.8 Å². The van der Waals surface area contributed by atoms with Gasteiger partial charge in [-0.1, -0.05) is 36.4 Å². The van der Waals surface area contributed by atoms with Crippen LogP contribution in [0.1, 0.15) is 108 Å². The highest BCUT2D eigenvalue weighted by Gasteiger charge is 2.33. The summed E-state index contributed by atoms with van der Waals surface area (Å²) in [5.74, 6) is -0.593. The van der Waals surface area contributed by atoms with Gasteiger partial charge in [-0.15, -0.1) is 13.2 Å². The summed E-state index contributed by atoms with van der Waals surface area (Å²) in [5, 5.41) is 0. The fraction of sp³-hybridized carbons (Fsp3) is 0.488. The van der Waals surface area contributed by atoms with Crippen molar-refractivity contribution >= 4 is 29.9 Å². The van der Waals surface area contributed by atoms with Gasteiger partial charge in [-0.2, -0.15) is 0 Å². The van der Waals surface area contributed by atoms with Gasteiger partial charge in [0.05, 0.1) is 30.5 Å². The van der Waals surface area contributed by atoms with Crippen LogP contribution in [-0.2, 0) is 27.3 Å². The highest BCUT2D eigenvalue weighted by Crippen LogP contribution is 2.31. The number of ether oxygens (including phenoxy) is 4. The molecule has 1 fully saturated rings. The Morgan fingerprint density at radius 1 is 0.714 bits per heavy atom. The number of imide groups is 1. The van der Waals surface area contributed by atoms with Crippen LogP contribution in [0.5, 0.6) is 5.75 Å². The number of carbonyl (C=O) groups excluding carboxylic acids is 4. The van der Waals surface area contributed by atoms with Crippen molar-refractivity contribution in [3.05, 3.63) is 89.2 Å². The van der Waals surface area contributed by atoms with Crippen LogP contribution in [-0.4, -0.2) is 75.2 Å². The van der Waals surface area contributed by atoms with E-state index in [-0.39, 0.29) is 36.2 Å². The van der Waals surface area contributed by atoms with Gasteiger partial charge in [0, 0.05) is 19.3 Å². The molecule has 1 aliphatic heterocycles. The number of anilines is 1. The number of pyridine rings is 1. The molecule has 0 N–H and O–H groups in total. The number of alkyl halides is 3. The molecule has 4 rings (SSSR count). The average Bonchev–Trinajstić information content (AvgIpc) is 3.07. The minimum absolute atomic E-state index is 0.0591. The lowest BCUT2D eigenvalue weighted by Gasteiger charge is -2.33. The number of carbonyl (C=O) groups is 4. The second kappa shape index (κ2) is 17.2. The number of hydrogen-bond acceptors (Lipinski definition) is 9. The van der Waals surface area contributed by atoms with E-state index in [2.05, 4.69) is 9.72 Å². The predicted molar refractivity (Wildman–Crippen MR) is 202 cm³/mol. The summed E-state index contributed by atoms with van der Waals surface area (Å²) >= 11 is 0. The summed E-state index contributed by atoms with van der Waals surface area (Å²) < 4.78 is 58.6.